The second-order valence-electron chi connectivity index (χ2n) is 5.19. The van der Waals surface area contributed by atoms with Gasteiger partial charge in [0.15, 0.2) is 0 Å². The molecule has 0 atom stereocenters. The molecule has 4 heteroatoms. The first kappa shape index (κ1) is 12.6. The van der Waals surface area contributed by atoms with Crippen LogP contribution in [0, 0.1) is 0 Å². The number of phenolic OH excluding ortho intramolecular Hbond substituents is 1. The fourth-order valence-corrected chi connectivity index (χ4v) is 2.70. The van der Waals surface area contributed by atoms with Crippen LogP contribution in [0.4, 0.5) is 0 Å². The second-order valence-corrected chi connectivity index (χ2v) is 5.19. The molecule has 0 aliphatic heterocycles. The summed E-state index contributed by atoms with van der Waals surface area (Å²) in [5.74, 6) is 0.00626. The predicted molar refractivity (Wildman–Crippen MR) is 87.0 cm³/mol. The van der Waals surface area contributed by atoms with Crippen molar-refractivity contribution >= 4 is 21.7 Å². The van der Waals surface area contributed by atoms with E-state index in [-0.39, 0.29) is 11.3 Å². The lowest BCUT2D eigenvalue weighted by atomic mass is 10.00. The van der Waals surface area contributed by atoms with Crippen LogP contribution in [0.15, 0.2) is 65.7 Å². The van der Waals surface area contributed by atoms with E-state index in [4.69, 9.17) is 0 Å². The number of H-pyrrole nitrogens is 1. The maximum absolute atomic E-state index is 11.9. The maximum atomic E-state index is 11.9. The van der Waals surface area contributed by atoms with Gasteiger partial charge in [0.1, 0.15) is 11.3 Å². The molecular formula is C18H12N2O2. The highest BCUT2D eigenvalue weighted by molar-refractivity contribution is 5.92. The van der Waals surface area contributed by atoms with Crippen molar-refractivity contribution in [1.29, 1.82) is 0 Å². The third-order valence-corrected chi connectivity index (χ3v) is 3.81. The zero-order valence-electron chi connectivity index (χ0n) is 11.6. The van der Waals surface area contributed by atoms with Crippen molar-refractivity contribution in [1.82, 2.24) is 9.97 Å². The molecule has 0 radical (unpaired) electrons. The van der Waals surface area contributed by atoms with E-state index in [2.05, 4.69) is 9.97 Å². The van der Waals surface area contributed by atoms with E-state index in [1.807, 2.05) is 42.5 Å². The fourth-order valence-electron chi connectivity index (χ4n) is 2.70. The summed E-state index contributed by atoms with van der Waals surface area (Å²) in [5, 5.41) is 12.8. The lowest BCUT2D eigenvalue weighted by Crippen LogP contribution is -2.06. The molecule has 4 aromatic rings. The average Bonchev–Trinajstić information content (AvgIpc) is 2.55. The zero-order valence-corrected chi connectivity index (χ0v) is 11.6. The standard InChI is InChI=1S/C18H12N2O2/c21-16-9-14(8-15-17(16)19-10-20-18(15)22)13-6-5-11-3-1-2-4-12(11)7-13/h1-10,21H,(H,19,20,22). The Hall–Kier alpha value is -3.14. The maximum Gasteiger partial charge on any atom is 0.258 e. The number of hydrogen-bond donors (Lipinski definition) is 2. The van der Waals surface area contributed by atoms with Crippen LogP contribution >= 0.6 is 0 Å². The van der Waals surface area contributed by atoms with Gasteiger partial charge in [-0.3, -0.25) is 4.79 Å². The Balaban J connectivity index is 1.99. The average molecular weight is 288 g/mol. The Morgan fingerprint density at radius 2 is 1.73 bits per heavy atom. The van der Waals surface area contributed by atoms with E-state index < -0.39 is 0 Å². The smallest absolute Gasteiger partial charge is 0.258 e. The van der Waals surface area contributed by atoms with Gasteiger partial charge >= 0.3 is 0 Å². The van der Waals surface area contributed by atoms with Gasteiger partial charge in [0.05, 0.1) is 11.7 Å². The van der Waals surface area contributed by atoms with Gasteiger partial charge in [-0.2, -0.15) is 0 Å². The Labute approximate surface area is 125 Å². The number of benzene rings is 3. The van der Waals surface area contributed by atoms with Gasteiger partial charge < -0.3 is 10.1 Å². The first-order chi connectivity index (χ1) is 10.7. The summed E-state index contributed by atoms with van der Waals surface area (Å²) in [7, 11) is 0. The van der Waals surface area contributed by atoms with Crippen molar-refractivity contribution in [3.8, 4) is 16.9 Å². The van der Waals surface area contributed by atoms with Gasteiger partial charge in [0, 0.05) is 0 Å². The van der Waals surface area contributed by atoms with E-state index in [1.165, 1.54) is 6.33 Å². The first-order valence-corrected chi connectivity index (χ1v) is 6.92. The molecule has 0 fully saturated rings. The van der Waals surface area contributed by atoms with Crippen LogP contribution in [0.5, 0.6) is 5.75 Å². The summed E-state index contributed by atoms with van der Waals surface area (Å²) >= 11 is 0. The molecular weight excluding hydrogens is 276 g/mol. The van der Waals surface area contributed by atoms with Crippen molar-refractivity contribution in [2.45, 2.75) is 0 Å². The minimum absolute atomic E-state index is 0.00626. The van der Waals surface area contributed by atoms with Crippen molar-refractivity contribution in [2.75, 3.05) is 0 Å². The van der Waals surface area contributed by atoms with Crippen LogP contribution in [0.25, 0.3) is 32.8 Å². The number of rotatable bonds is 1. The topological polar surface area (TPSA) is 66.0 Å². The van der Waals surface area contributed by atoms with Gasteiger partial charge in [-0.25, -0.2) is 4.98 Å². The second kappa shape index (κ2) is 4.70. The molecule has 3 aromatic carbocycles. The van der Waals surface area contributed by atoms with E-state index in [0.717, 1.165) is 21.9 Å². The summed E-state index contributed by atoms with van der Waals surface area (Å²) in [4.78, 5) is 18.5. The van der Waals surface area contributed by atoms with Crippen molar-refractivity contribution in [2.24, 2.45) is 0 Å². The zero-order chi connectivity index (χ0) is 15.1. The quantitative estimate of drug-likeness (QED) is 0.564. The number of aromatic hydroxyl groups is 1. The minimum Gasteiger partial charge on any atom is -0.506 e. The van der Waals surface area contributed by atoms with Gasteiger partial charge in [-0.1, -0.05) is 36.4 Å². The Kier molecular flexibility index (Phi) is 2.69. The number of aromatic nitrogens is 2. The molecule has 4 rings (SSSR count). The summed E-state index contributed by atoms with van der Waals surface area (Å²) in [6.45, 7) is 0. The van der Waals surface area contributed by atoms with Crippen LogP contribution in [0.3, 0.4) is 0 Å². The predicted octanol–water partition coefficient (Wildman–Crippen LogP) is 3.45. The molecule has 0 amide bonds. The van der Waals surface area contributed by atoms with E-state index in [9.17, 15) is 9.90 Å². The molecule has 0 aliphatic rings. The fraction of sp³-hybridized carbons (Fsp3) is 0. The van der Waals surface area contributed by atoms with Crippen molar-refractivity contribution in [3.63, 3.8) is 0 Å². The summed E-state index contributed by atoms with van der Waals surface area (Å²) < 4.78 is 0. The van der Waals surface area contributed by atoms with Crippen molar-refractivity contribution in [3.05, 3.63) is 71.3 Å². The van der Waals surface area contributed by atoms with Gasteiger partial charge in [0.2, 0.25) is 0 Å². The highest BCUT2D eigenvalue weighted by atomic mass is 16.3. The van der Waals surface area contributed by atoms with E-state index >= 15 is 0 Å². The lowest BCUT2D eigenvalue weighted by molar-refractivity contribution is 0.480. The number of hydrogen-bond acceptors (Lipinski definition) is 3. The molecule has 0 saturated carbocycles. The van der Waals surface area contributed by atoms with Gasteiger partial charge in [-0.15, -0.1) is 0 Å². The molecule has 0 saturated heterocycles. The third-order valence-electron chi connectivity index (χ3n) is 3.81. The normalized spacial score (nSPS) is 11.1. The molecule has 0 spiro atoms. The Morgan fingerprint density at radius 3 is 2.59 bits per heavy atom. The molecule has 1 aromatic heterocycles. The van der Waals surface area contributed by atoms with Crippen LogP contribution in [0.1, 0.15) is 0 Å². The lowest BCUT2D eigenvalue weighted by Gasteiger charge is -2.07. The molecule has 0 aliphatic carbocycles. The highest BCUT2D eigenvalue weighted by Crippen LogP contribution is 2.30. The Bertz CT molecular complexity index is 1070. The summed E-state index contributed by atoms with van der Waals surface area (Å²) in [5.41, 5.74) is 1.78. The van der Waals surface area contributed by atoms with E-state index in [1.54, 1.807) is 12.1 Å². The van der Waals surface area contributed by atoms with Crippen LogP contribution in [-0.4, -0.2) is 15.1 Å². The number of fused-ring (bicyclic) bond motifs is 2. The van der Waals surface area contributed by atoms with Gasteiger partial charge in [0.25, 0.3) is 5.56 Å². The summed E-state index contributed by atoms with van der Waals surface area (Å²) in [6.07, 6.45) is 1.29. The molecule has 1 heterocycles. The monoisotopic (exact) mass is 288 g/mol. The number of phenols is 1. The van der Waals surface area contributed by atoms with Crippen LogP contribution < -0.4 is 5.56 Å². The minimum atomic E-state index is -0.261. The highest BCUT2D eigenvalue weighted by Gasteiger charge is 2.09. The molecule has 22 heavy (non-hydrogen) atoms. The number of aromatic amines is 1. The van der Waals surface area contributed by atoms with Gasteiger partial charge in [-0.05, 0) is 40.1 Å². The summed E-state index contributed by atoms with van der Waals surface area (Å²) in [6, 6.07) is 17.5. The Morgan fingerprint density at radius 1 is 0.909 bits per heavy atom. The number of nitrogens with one attached hydrogen (secondary N) is 1. The molecule has 106 valence electrons. The van der Waals surface area contributed by atoms with Crippen LogP contribution in [0.2, 0.25) is 0 Å². The molecule has 0 bridgehead atoms. The molecule has 0 unspecified atom stereocenters. The first-order valence-electron chi connectivity index (χ1n) is 6.92. The van der Waals surface area contributed by atoms with Crippen LogP contribution in [-0.2, 0) is 0 Å². The SMILES string of the molecule is O=c1[nH]cnc2c(O)cc(-c3ccc4ccccc4c3)cc12. The number of nitrogens with zero attached hydrogens (tertiary/aromatic N) is 1. The molecule has 4 nitrogen and oxygen atoms in total. The van der Waals surface area contributed by atoms with Crippen molar-refractivity contribution < 1.29 is 5.11 Å². The largest absolute Gasteiger partial charge is 0.506 e. The third kappa shape index (κ3) is 1.93. The van der Waals surface area contributed by atoms with E-state index in [0.29, 0.717) is 10.9 Å². The molecule has 2 N–H and O–H groups in total.